The fraction of sp³-hybridized carbons (Fsp3) is 0.182. The molecule has 0 saturated heterocycles. The second-order valence-corrected chi connectivity index (χ2v) is 7.67. The highest BCUT2D eigenvalue weighted by molar-refractivity contribution is 7.86. The predicted octanol–water partition coefficient (Wildman–Crippen LogP) is 5.61. The van der Waals surface area contributed by atoms with Gasteiger partial charge in [0.25, 0.3) is 10.1 Å². The van der Waals surface area contributed by atoms with Crippen LogP contribution in [0.4, 0.5) is 0 Å². The summed E-state index contributed by atoms with van der Waals surface area (Å²) in [5.74, 6) is 0. The highest BCUT2D eigenvalue weighted by Gasteiger charge is 2.20. The average molecular weight is 366 g/mol. The lowest BCUT2D eigenvalue weighted by Crippen LogP contribution is -2.02. The van der Waals surface area contributed by atoms with Crippen LogP contribution in [-0.2, 0) is 16.5 Å². The molecule has 0 aliphatic carbocycles. The van der Waals surface area contributed by atoms with Crippen LogP contribution >= 0.6 is 0 Å². The summed E-state index contributed by atoms with van der Waals surface area (Å²) in [6.07, 6.45) is 3.06. The molecule has 3 aromatic rings. The van der Waals surface area contributed by atoms with E-state index >= 15 is 0 Å². The van der Waals surface area contributed by atoms with Gasteiger partial charge in [-0.05, 0) is 41.2 Å². The van der Waals surface area contributed by atoms with Crippen molar-refractivity contribution in [3.63, 3.8) is 0 Å². The van der Waals surface area contributed by atoms with Crippen LogP contribution in [0.15, 0.2) is 77.7 Å². The SMILES string of the molecule is CCCCc1cccc(-c2ccccc2S(=O)(=O)O)c1-c1ccccc1. The van der Waals surface area contributed by atoms with Gasteiger partial charge < -0.3 is 0 Å². The minimum absolute atomic E-state index is 0.0650. The molecule has 3 rings (SSSR count). The Balaban J connectivity index is 2.30. The minimum atomic E-state index is -4.31. The Bertz CT molecular complexity index is 993. The smallest absolute Gasteiger partial charge is 0.282 e. The second kappa shape index (κ2) is 7.85. The van der Waals surface area contributed by atoms with E-state index in [1.165, 1.54) is 11.6 Å². The first-order valence-corrected chi connectivity index (χ1v) is 10.2. The van der Waals surface area contributed by atoms with Crippen molar-refractivity contribution in [2.75, 3.05) is 0 Å². The molecule has 0 spiro atoms. The van der Waals surface area contributed by atoms with Crippen molar-refractivity contribution in [3.05, 3.63) is 78.4 Å². The summed E-state index contributed by atoms with van der Waals surface area (Å²) >= 11 is 0. The normalized spacial score (nSPS) is 11.5. The van der Waals surface area contributed by atoms with Crippen LogP contribution in [0.2, 0.25) is 0 Å². The van der Waals surface area contributed by atoms with E-state index in [-0.39, 0.29) is 4.90 Å². The van der Waals surface area contributed by atoms with Gasteiger partial charge in [0.05, 0.1) is 0 Å². The molecule has 0 unspecified atom stereocenters. The zero-order chi connectivity index (χ0) is 18.6. The van der Waals surface area contributed by atoms with E-state index in [1.807, 2.05) is 42.5 Å². The summed E-state index contributed by atoms with van der Waals surface area (Å²) in [5.41, 5.74) is 4.59. The van der Waals surface area contributed by atoms with Crippen LogP contribution in [-0.4, -0.2) is 13.0 Å². The molecule has 3 nitrogen and oxygen atoms in total. The molecular weight excluding hydrogens is 344 g/mol. The minimum Gasteiger partial charge on any atom is -0.282 e. The molecular formula is C22H22O3S. The summed E-state index contributed by atoms with van der Waals surface area (Å²) < 4.78 is 33.5. The molecule has 0 radical (unpaired) electrons. The molecule has 1 N–H and O–H groups in total. The van der Waals surface area contributed by atoms with Gasteiger partial charge in [0.1, 0.15) is 4.90 Å². The monoisotopic (exact) mass is 366 g/mol. The van der Waals surface area contributed by atoms with Crippen molar-refractivity contribution in [3.8, 4) is 22.3 Å². The van der Waals surface area contributed by atoms with Crippen molar-refractivity contribution in [2.45, 2.75) is 31.1 Å². The Labute approximate surface area is 155 Å². The van der Waals surface area contributed by atoms with Gasteiger partial charge in [-0.2, -0.15) is 8.42 Å². The van der Waals surface area contributed by atoms with Gasteiger partial charge in [0.2, 0.25) is 0 Å². The number of rotatable bonds is 6. The van der Waals surface area contributed by atoms with Gasteiger partial charge in [-0.25, -0.2) is 0 Å². The lowest BCUT2D eigenvalue weighted by Gasteiger charge is -2.17. The van der Waals surface area contributed by atoms with E-state index in [2.05, 4.69) is 13.0 Å². The van der Waals surface area contributed by atoms with Crippen molar-refractivity contribution in [1.82, 2.24) is 0 Å². The Morgan fingerprint density at radius 1 is 0.808 bits per heavy atom. The molecule has 0 aliphatic rings. The van der Waals surface area contributed by atoms with Crippen LogP contribution in [0.5, 0.6) is 0 Å². The van der Waals surface area contributed by atoms with Gasteiger partial charge in [0.15, 0.2) is 0 Å². The summed E-state index contributed by atoms with van der Waals surface area (Å²) in [6.45, 7) is 2.15. The third-order valence-corrected chi connectivity index (χ3v) is 5.38. The number of aryl methyl sites for hydroxylation is 1. The molecule has 26 heavy (non-hydrogen) atoms. The summed E-state index contributed by atoms with van der Waals surface area (Å²) in [7, 11) is -4.31. The Hall–Kier alpha value is -2.43. The standard InChI is InChI=1S/C22H22O3S/c1-2-3-10-17-13-9-15-20(22(17)18-11-5-4-6-12-18)19-14-7-8-16-21(19)26(23,24)25/h4-9,11-16H,2-3,10H2,1H3,(H,23,24,25). The average Bonchev–Trinajstić information content (AvgIpc) is 2.66. The quantitative estimate of drug-likeness (QED) is 0.577. The molecule has 0 atom stereocenters. The van der Waals surface area contributed by atoms with Crippen molar-refractivity contribution < 1.29 is 13.0 Å². The van der Waals surface area contributed by atoms with Gasteiger partial charge in [0, 0.05) is 5.56 Å². The van der Waals surface area contributed by atoms with Crippen LogP contribution < -0.4 is 0 Å². The molecule has 0 aromatic heterocycles. The molecule has 3 aromatic carbocycles. The van der Waals surface area contributed by atoms with Gasteiger partial charge >= 0.3 is 0 Å². The molecule has 4 heteroatoms. The molecule has 0 heterocycles. The van der Waals surface area contributed by atoms with Crippen molar-refractivity contribution >= 4 is 10.1 Å². The summed E-state index contributed by atoms with van der Waals surface area (Å²) in [6, 6.07) is 22.5. The molecule has 0 saturated carbocycles. The molecule has 0 fully saturated rings. The van der Waals surface area contributed by atoms with Crippen LogP contribution in [0, 0.1) is 0 Å². The first-order valence-electron chi connectivity index (χ1n) is 8.76. The zero-order valence-electron chi connectivity index (χ0n) is 14.7. The summed E-state index contributed by atoms with van der Waals surface area (Å²) in [4.78, 5) is -0.0650. The second-order valence-electron chi connectivity index (χ2n) is 6.28. The number of benzene rings is 3. The third kappa shape index (κ3) is 3.87. The van der Waals surface area contributed by atoms with E-state index in [0.717, 1.165) is 36.0 Å². The van der Waals surface area contributed by atoms with Gasteiger partial charge in [-0.15, -0.1) is 0 Å². The third-order valence-electron chi connectivity index (χ3n) is 4.47. The molecule has 0 bridgehead atoms. The largest absolute Gasteiger partial charge is 0.295 e. The van der Waals surface area contributed by atoms with Crippen LogP contribution in [0.1, 0.15) is 25.3 Å². The van der Waals surface area contributed by atoms with E-state index in [1.54, 1.807) is 18.2 Å². The van der Waals surface area contributed by atoms with Gasteiger partial charge in [-0.1, -0.05) is 80.1 Å². The van der Waals surface area contributed by atoms with E-state index < -0.39 is 10.1 Å². The number of unbranched alkanes of at least 4 members (excludes halogenated alkanes) is 1. The van der Waals surface area contributed by atoms with Crippen molar-refractivity contribution in [2.24, 2.45) is 0 Å². The van der Waals surface area contributed by atoms with E-state index in [0.29, 0.717) is 5.56 Å². The highest BCUT2D eigenvalue weighted by Crippen LogP contribution is 2.38. The maximum atomic E-state index is 11.9. The Morgan fingerprint density at radius 3 is 2.15 bits per heavy atom. The van der Waals surface area contributed by atoms with E-state index in [9.17, 15) is 13.0 Å². The summed E-state index contributed by atoms with van der Waals surface area (Å²) in [5, 5.41) is 0. The maximum Gasteiger partial charge on any atom is 0.295 e. The lowest BCUT2D eigenvalue weighted by molar-refractivity contribution is 0.483. The zero-order valence-corrected chi connectivity index (χ0v) is 15.5. The topological polar surface area (TPSA) is 54.4 Å². The molecule has 0 amide bonds. The first-order chi connectivity index (χ1) is 12.5. The van der Waals surface area contributed by atoms with E-state index in [4.69, 9.17) is 0 Å². The first kappa shape index (κ1) is 18.4. The van der Waals surface area contributed by atoms with Gasteiger partial charge in [-0.3, -0.25) is 4.55 Å². The fourth-order valence-corrected chi connectivity index (χ4v) is 3.97. The Kier molecular flexibility index (Phi) is 5.55. The molecule has 0 aliphatic heterocycles. The Morgan fingerprint density at radius 2 is 1.46 bits per heavy atom. The number of hydrogen-bond acceptors (Lipinski definition) is 2. The highest BCUT2D eigenvalue weighted by atomic mass is 32.2. The fourth-order valence-electron chi connectivity index (χ4n) is 3.26. The molecule has 134 valence electrons. The number of hydrogen-bond donors (Lipinski definition) is 1. The van der Waals surface area contributed by atoms with Crippen molar-refractivity contribution in [1.29, 1.82) is 0 Å². The predicted molar refractivity (Wildman–Crippen MR) is 106 cm³/mol. The lowest BCUT2D eigenvalue weighted by atomic mass is 9.88. The maximum absolute atomic E-state index is 11.9. The van der Waals surface area contributed by atoms with Crippen LogP contribution in [0.3, 0.4) is 0 Å². The van der Waals surface area contributed by atoms with Crippen LogP contribution in [0.25, 0.3) is 22.3 Å².